The van der Waals surface area contributed by atoms with Crippen molar-refractivity contribution in [2.45, 2.75) is 6.54 Å². The summed E-state index contributed by atoms with van der Waals surface area (Å²) in [5.41, 5.74) is 6.24. The van der Waals surface area contributed by atoms with E-state index in [0.29, 0.717) is 16.7 Å². The Bertz CT molecular complexity index is 644. The van der Waals surface area contributed by atoms with Gasteiger partial charge >= 0.3 is 5.97 Å². The minimum absolute atomic E-state index is 0.232. The number of rotatable bonds is 5. The predicted molar refractivity (Wildman–Crippen MR) is 85.0 cm³/mol. The molecule has 0 fully saturated rings. The lowest BCUT2D eigenvalue weighted by Gasteiger charge is -2.08. The van der Waals surface area contributed by atoms with Crippen LogP contribution in [0.2, 0.25) is 0 Å². The lowest BCUT2D eigenvalue weighted by Crippen LogP contribution is -2.28. The number of nitrogens with two attached hydrogens (primary N) is 1. The number of nitrogens with one attached hydrogen (secondary N) is 1. The van der Waals surface area contributed by atoms with Crippen molar-refractivity contribution in [2.75, 3.05) is 12.3 Å². The third-order valence-corrected chi connectivity index (χ3v) is 3.98. The summed E-state index contributed by atoms with van der Waals surface area (Å²) in [6, 6.07) is 8.69. The maximum atomic E-state index is 11.9. The number of benzene rings is 1. The molecule has 5 nitrogen and oxygen atoms in total. The molecule has 0 radical (unpaired) electrons. The summed E-state index contributed by atoms with van der Waals surface area (Å²) in [4.78, 5) is 24.5. The van der Waals surface area contributed by atoms with Crippen molar-refractivity contribution in [1.82, 2.24) is 5.32 Å². The van der Waals surface area contributed by atoms with Crippen LogP contribution in [0.15, 0.2) is 40.2 Å². The van der Waals surface area contributed by atoms with Crippen molar-refractivity contribution in [2.24, 2.45) is 0 Å². The van der Waals surface area contributed by atoms with Gasteiger partial charge in [0.15, 0.2) is 6.61 Å². The van der Waals surface area contributed by atoms with Gasteiger partial charge in [-0.3, -0.25) is 4.79 Å². The van der Waals surface area contributed by atoms with E-state index in [4.69, 9.17) is 10.5 Å². The van der Waals surface area contributed by atoms with Crippen LogP contribution >= 0.6 is 27.3 Å². The van der Waals surface area contributed by atoms with Crippen molar-refractivity contribution in [3.63, 3.8) is 0 Å². The van der Waals surface area contributed by atoms with Crippen LogP contribution in [0.5, 0.6) is 0 Å². The van der Waals surface area contributed by atoms with Crippen molar-refractivity contribution < 1.29 is 14.3 Å². The van der Waals surface area contributed by atoms with E-state index in [1.165, 1.54) is 0 Å². The molecule has 3 N–H and O–H groups in total. The van der Waals surface area contributed by atoms with Gasteiger partial charge in [0.1, 0.15) is 0 Å². The second-order valence-corrected chi connectivity index (χ2v) is 6.11. The van der Waals surface area contributed by atoms with E-state index in [0.717, 1.165) is 4.88 Å². The Balaban J connectivity index is 1.83. The van der Waals surface area contributed by atoms with Crippen LogP contribution in [0.25, 0.3) is 0 Å². The summed E-state index contributed by atoms with van der Waals surface area (Å²) >= 11 is 4.80. The molecular formula is C14H13BrN2O3S. The third-order valence-electron chi connectivity index (χ3n) is 2.61. The van der Waals surface area contributed by atoms with E-state index in [1.807, 2.05) is 17.5 Å². The Kier molecular flexibility index (Phi) is 5.35. The zero-order valence-electron chi connectivity index (χ0n) is 11.0. The monoisotopic (exact) mass is 368 g/mol. The highest BCUT2D eigenvalue weighted by Gasteiger charge is 2.13. The molecule has 0 unspecified atom stereocenters. The first-order valence-electron chi connectivity index (χ1n) is 6.07. The van der Waals surface area contributed by atoms with Crippen molar-refractivity contribution in [1.29, 1.82) is 0 Å². The number of carbonyl (C=O) groups excluding carboxylic acids is 2. The van der Waals surface area contributed by atoms with Crippen LogP contribution in [0, 0.1) is 0 Å². The van der Waals surface area contributed by atoms with Crippen molar-refractivity contribution in [3.8, 4) is 0 Å². The highest BCUT2D eigenvalue weighted by atomic mass is 79.9. The standard InChI is InChI=1S/C14H13BrN2O3S/c15-9-3-4-12(16)11(6-9)14(19)20-8-13(18)17-7-10-2-1-5-21-10/h1-6H,7-8,16H2,(H,17,18). The van der Waals surface area contributed by atoms with Crippen molar-refractivity contribution >= 4 is 44.8 Å². The van der Waals surface area contributed by atoms with E-state index in [-0.39, 0.29) is 18.1 Å². The van der Waals surface area contributed by atoms with E-state index >= 15 is 0 Å². The highest BCUT2D eigenvalue weighted by Crippen LogP contribution is 2.19. The average molecular weight is 369 g/mol. The van der Waals surface area contributed by atoms with Crippen LogP contribution in [0.1, 0.15) is 15.2 Å². The molecule has 7 heteroatoms. The Morgan fingerprint density at radius 1 is 1.33 bits per heavy atom. The topological polar surface area (TPSA) is 81.4 Å². The number of halogens is 1. The van der Waals surface area contributed by atoms with Crippen LogP contribution in [0.3, 0.4) is 0 Å². The molecule has 0 atom stereocenters. The van der Waals surface area contributed by atoms with Gasteiger partial charge in [0.05, 0.1) is 12.1 Å². The summed E-state index contributed by atoms with van der Waals surface area (Å²) in [6.07, 6.45) is 0. The Morgan fingerprint density at radius 3 is 2.86 bits per heavy atom. The second-order valence-electron chi connectivity index (χ2n) is 4.16. The Morgan fingerprint density at radius 2 is 2.14 bits per heavy atom. The molecule has 21 heavy (non-hydrogen) atoms. The van der Waals surface area contributed by atoms with Gasteiger partial charge in [0.25, 0.3) is 5.91 Å². The van der Waals surface area contributed by atoms with Gasteiger partial charge in [-0.15, -0.1) is 11.3 Å². The molecule has 1 aromatic carbocycles. The maximum Gasteiger partial charge on any atom is 0.340 e. The number of amides is 1. The summed E-state index contributed by atoms with van der Waals surface area (Å²) in [5, 5.41) is 4.60. The second kappa shape index (κ2) is 7.24. The molecule has 1 amide bonds. The van der Waals surface area contributed by atoms with Crippen LogP contribution in [0.4, 0.5) is 5.69 Å². The third kappa shape index (κ3) is 4.57. The van der Waals surface area contributed by atoms with Crippen LogP contribution < -0.4 is 11.1 Å². The molecule has 2 rings (SSSR count). The molecule has 0 saturated carbocycles. The molecule has 1 heterocycles. The number of thiophene rings is 1. The van der Waals surface area contributed by atoms with E-state index < -0.39 is 5.97 Å². The number of nitrogen functional groups attached to an aromatic ring is 1. The Hall–Kier alpha value is -1.86. The zero-order chi connectivity index (χ0) is 15.2. The van der Waals surface area contributed by atoms with E-state index in [2.05, 4.69) is 21.2 Å². The number of esters is 1. The lowest BCUT2D eigenvalue weighted by molar-refractivity contribution is -0.124. The highest BCUT2D eigenvalue weighted by molar-refractivity contribution is 9.10. The normalized spacial score (nSPS) is 10.1. The lowest BCUT2D eigenvalue weighted by atomic mass is 10.2. The van der Waals surface area contributed by atoms with Crippen molar-refractivity contribution in [3.05, 3.63) is 50.6 Å². The fraction of sp³-hybridized carbons (Fsp3) is 0.143. The number of hydrogen-bond acceptors (Lipinski definition) is 5. The number of anilines is 1. The fourth-order valence-corrected chi connectivity index (χ4v) is 2.57. The van der Waals surface area contributed by atoms with Gasteiger partial charge in [-0.25, -0.2) is 4.79 Å². The maximum absolute atomic E-state index is 11.9. The zero-order valence-corrected chi connectivity index (χ0v) is 13.4. The van der Waals surface area contributed by atoms with E-state index in [9.17, 15) is 9.59 Å². The molecule has 0 aliphatic carbocycles. The Labute approximate surface area is 134 Å². The molecular weight excluding hydrogens is 356 g/mol. The predicted octanol–water partition coefficient (Wildman–Crippen LogP) is 2.57. The minimum atomic E-state index is -0.625. The molecule has 0 bridgehead atoms. The molecule has 0 aliphatic heterocycles. The first-order valence-corrected chi connectivity index (χ1v) is 7.75. The largest absolute Gasteiger partial charge is 0.452 e. The molecule has 0 aliphatic rings. The van der Waals surface area contributed by atoms with Gasteiger partial charge in [-0.05, 0) is 29.6 Å². The average Bonchev–Trinajstić information content (AvgIpc) is 2.98. The summed E-state index contributed by atoms with van der Waals surface area (Å²) in [6.45, 7) is 0.0865. The van der Waals surface area contributed by atoms with Crippen LogP contribution in [-0.4, -0.2) is 18.5 Å². The molecule has 110 valence electrons. The number of hydrogen-bond donors (Lipinski definition) is 2. The van der Waals surface area contributed by atoms with Gasteiger partial charge in [-0.1, -0.05) is 22.0 Å². The first kappa shape index (κ1) is 15.5. The number of carbonyl (C=O) groups is 2. The summed E-state index contributed by atoms with van der Waals surface area (Å²) in [7, 11) is 0. The summed E-state index contributed by atoms with van der Waals surface area (Å²) < 4.78 is 5.66. The smallest absolute Gasteiger partial charge is 0.340 e. The fourth-order valence-electron chi connectivity index (χ4n) is 1.56. The van der Waals surface area contributed by atoms with E-state index in [1.54, 1.807) is 29.5 Å². The van der Waals surface area contributed by atoms with Gasteiger partial charge < -0.3 is 15.8 Å². The molecule has 0 saturated heterocycles. The van der Waals surface area contributed by atoms with Gasteiger partial charge in [-0.2, -0.15) is 0 Å². The molecule has 2 aromatic rings. The summed E-state index contributed by atoms with van der Waals surface area (Å²) in [5.74, 6) is -0.981. The first-order chi connectivity index (χ1) is 10.1. The van der Waals surface area contributed by atoms with Crippen LogP contribution in [-0.2, 0) is 16.1 Å². The SMILES string of the molecule is Nc1ccc(Br)cc1C(=O)OCC(=O)NCc1cccs1. The molecule has 0 spiro atoms. The minimum Gasteiger partial charge on any atom is -0.452 e. The number of ether oxygens (including phenoxy) is 1. The van der Waals surface area contributed by atoms with Gasteiger partial charge in [0.2, 0.25) is 0 Å². The van der Waals surface area contributed by atoms with Gasteiger partial charge in [0, 0.05) is 15.0 Å². The quantitative estimate of drug-likeness (QED) is 0.627. The molecule has 1 aromatic heterocycles.